The molecule has 88 valence electrons. The van der Waals surface area contributed by atoms with Gasteiger partial charge in [-0.1, -0.05) is 25.0 Å². The Morgan fingerprint density at radius 1 is 1.29 bits per heavy atom. The van der Waals surface area contributed by atoms with E-state index in [0.29, 0.717) is 5.92 Å². The number of nitrogens with zero attached hydrogens (tertiary/aromatic N) is 2. The molecule has 1 fully saturated rings. The van der Waals surface area contributed by atoms with Crippen molar-refractivity contribution in [1.29, 1.82) is 5.26 Å². The van der Waals surface area contributed by atoms with Crippen molar-refractivity contribution in [2.45, 2.75) is 31.6 Å². The van der Waals surface area contributed by atoms with Crippen LogP contribution in [0, 0.1) is 27.4 Å². The van der Waals surface area contributed by atoms with Crippen molar-refractivity contribution < 1.29 is 4.92 Å². The molecule has 0 aliphatic heterocycles. The summed E-state index contributed by atoms with van der Waals surface area (Å²) < 4.78 is 0. The van der Waals surface area contributed by atoms with Crippen molar-refractivity contribution in [3.05, 3.63) is 39.9 Å². The van der Waals surface area contributed by atoms with E-state index < -0.39 is 4.92 Å². The van der Waals surface area contributed by atoms with Crippen LogP contribution in [0.25, 0.3) is 0 Å². The minimum absolute atomic E-state index is 0.0804. The normalized spacial score (nSPS) is 17.6. The molecule has 0 saturated heterocycles. The Morgan fingerprint density at radius 3 is 2.35 bits per heavy atom. The average molecular weight is 230 g/mol. The van der Waals surface area contributed by atoms with Crippen molar-refractivity contribution in [3.8, 4) is 6.07 Å². The Morgan fingerprint density at radius 2 is 1.88 bits per heavy atom. The summed E-state index contributed by atoms with van der Waals surface area (Å²) in [5.41, 5.74) is 0.988. The van der Waals surface area contributed by atoms with Gasteiger partial charge < -0.3 is 0 Å². The van der Waals surface area contributed by atoms with E-state index >= 15 is 0 Å². The molecule has 0 spiro atoms. The highest BCUT2D eigenvalue weighted by Crippen LogP contribution is 2.37. The summed E-state index contributed by atoms with van der Waals surface area (Å²) >= 11 is 0. The van der Waals surface area contributed by atoms with E-state index in [4.69, 9.17) is 0 Å². The molecule has 17 heavy (non-hydrogen) atoms. The topological polar surface area (TPSA) is 66.9 Å². The molecule has 1 aromatic carbocycles. The first-order valence-electron chi connectivity index (χ1n) is 5.86. The van der Waals surface area contributed by atoms with Crippen molar-refractivity contribution in [3.63, 3.8) is 0 Å². The number of hydrogen-bond acceptors (Lipinski definition) is 3. The van der Waals surface area contributed by atoms with Crippen LogP contribution in [-0.2, 0) is 0 Å². The van der Waals surface area contributed by atoms with Crippen LogP contribution < -0.4 is 0 Å². The summed E-state index contributed by atoms with van der Waals surface area (Å²) in [6.45, 7) is 0. The lowest BCUT2D eigenvalue weighted by Gasteiger charge is -2.16. The van der Waals surface area contributed by atoms with Crippen LogP contribution in [-0.4, -0.2) is 4.92 Å². The molecule has 1 atom stereocenters. The summed E-state index contributed by atoms with van der Waals surface area (Å²) in [5, 5.41) is 19.8. The first kappa shape index (κ1) is 11.6. The average Bonchev–Trinajstić information content (AvgIpc) is 2.84. The third-order valence-electron chi connectivity index (χ3n) is 3.47. The molecule has 2 rings (SSSR count). The largest absolute Gasteiger partial charge is 0.269 e. The fraction of sp³-hybridized carbons (Fsp3) is 0.462. The molecule has 0 aromatic heterocycles. The molecular weight excluding hydrogens is 216 g/mol. The number of nitriles is 1. The second-order valence-corrected chi connectivity index (χ2v) is 4.50. The number of nitro benzene ring substituents is 1. The van der Waals surface area contributed by atoms with E-state index in [2.05, 4.69) is 6.07 Å². The Kier molecular flexibility index (Phi) is 3.38. The number of rotatable bonds is 3. The maximum atomic E-state index is 10.5. The molecule has 0 radical (unpaired) electrons. The first-order chi connectivity index (χ1) is 8.22. The fourth-order valence-electron chi connectivity index (χ4n) is 2.55. The summed E-state index contributed by atoms with van der Waals surface area (Å²) in [6, 6.07) is 8.73. The van der Waals surface area contributed by atoms with Crippen LogP contribution in [0.1, 0.15) is 37.2 Å². The molecule has 1 aliphatic carbocycles. The molecule has 1 unspecified atom stereocenters. The highest BCUT2D eigenvalue weighted by atomic mass is 16.6. The quantitative estimate of drug-likeness (QED) is 0.590. The molecule has 1 aliphatic rings. The standard InChI is InChI=1S/C13H14N2O2/c14-9-13(10-3-1-2-4-10)11-5-7-12(8-6-11)15(16)17/h5-8,10,13H,1-4H2. The Hall–Kier alpha value is -1.89. The zero-order chi connectivity index (χ0) is 12.3. The maximum absolute atomic E-state index is 10.5. The lowest BCUT2D eigenvalue weighted by molar-refractivity contribution is -0.384. The number of hydrogen-bond donors (Lipinski definition) is 0. The number of non-ortho nitro benzene ring substituents is 1. The van der Waals surface area contributed by atoms with Gasteiger partial charge in [0.2, 0.25) is 0 Å². The predicted octanol–water partition coefficient (Wildman–Crippen LogP) is 3.39. The third kappa shape index (κ3) is 2.44. The van der Waals surface area contributed by atoms with Crippen LogP contribution in [0.2, 0.25) is 0 Å². The number of nitro groups is 1. The van der Waals surface area contributed by atoms with E-state index in [1.54, 1.807) is 12.1 Å². The highest BCUT2D eigenvalue weighted by Gasteiger charge is 2.26. The van der Waals surface area contributed by atoms with Gasteiger partial charge in [-0.2, -0.15) is 5.26 Å². The van der Waals surface area contributed by atoms with Gasteiger partial charge in [-0.15, -0.1) is 0 Å². The van der Waals surface area contributed by atoms with Gasteiger partial charge >= 0.3 is 0 Å². The van der Waals surface area contributed by atoms with Crippen molar-refractivity contribution >= 4 is 5.69 Å². The van der Waals surface area contributed by atoms with Gasteiger partial charge in [0.05, 0.1) is 16.9 Å². The van der Waals surface area contributed by atoms with E-state index in [0.717, 1.165) is 18.4 Å². The van der Waals surface area contributed by atoms with E-state index in [1.165, 1.54) is 25.0 Å². The van der Waals surface area contributed by atoms with Crippen LogP contribution in [0.5, 0.6) is 0 Å². The van der Waals surface area contributed by atoms with Gasteiger partial charge in [-0.3, -0.25) is 10.1 Å². The lowest BCUT2D eigenvalue weighted by atomic mass is 9.86. The van der Waals surface area contributed by atoms with Crippen LogP contribution >= 0.6 is 0 Å². The molecule has 1 aromatic rings. The molecule has 4 heteroatoms. The molecule has 1 saturated carbocycles. The van der Waals surface area contributed by atoms with Gasteiger partial charge in [0.25, 0.3) is 5.69 Å². The second kappa shape index (κ2) is 4.96. The summed E-state index contributed by atoms with van der Waals surface area (Å²) in [6.07, 6.45) is 4.57. The summed E-state index contributed by atoms with van der Waals surface area (Å²) in [4.78, 5) is 10.1. The van der Waals surface area contributed by atoms with Crippen LogP contribution in [0.3, 0.4) is 0 Å². The van der Waals surface area contributed by atoms with E-state index in [-0.39, 0.29) is 11.6 Å². The molecule has 0 heterocycles. The van der Waals surface area contributed by atoms with Gasteiger partial charge in [0, 0.05) is 12.1 Å². The second-order valence-electron chi connectivity index (χ2n) is 4.50. The molecule has 0 amide bonds. The smallest absolute Gasteiger partial charge is 0.258 e. The highest BCUT2D eigenvalue weighted by molar-refractivity contribution is 5.36. The van der Waals surface area contributed by atoms with Gasteiger partial charge in [0.1, 0.15) is 0 Å². The minimum atomic E-state index is -0.416. The minimum Gasteiger partial charge on any atom is -0.258 e. The zero-order valence-electron chi connectivity index (χ0n) is 9.50. The Balaban J connectivity index is 2.20. The lowest BCUT2D eigenvalue weighted by Crippen LogP contribution is -2.07. The van der Waals surface area contributed by atoms with Crippen LogP contribution in [0.4, 0.5) is 5.69 Å². The van der Waals surface area contributed by atoms with E-state index in [9.17, 15) is 15.4 Å². The zero-order valence-corrected chi connectivity index (χ0v) is 9.50. The van der Waals surface area contributed by atoms with Crippen molar-refractivity contribution in [1.82, 2.24) is 0 Å². The van der Waals surface area contributed by atoms with E-state index in [1.807, 2.05) is 0 Å². The van der Waals surface area contributed by atoms with Gasteiger partial charge in [0.15, 0.2) is 0 Å². The Labute approximate surface area is 100 Å². The molecule has 0 N–H and O–H groups in total. The third-order valence-corrected chi connectivity index (χ3v) is 3.47. The Bertz CT molecular complexity index is 441. The van der Waals surface area contributed by atoms with Gasteiger partial charge in [-0.05, 0) is 24.3 Å². The fourth-order valence-corrected chi connectivity index (χ4v) is 2.55. The maximum Gasteiger partial charge on any atom is 0.269 e. The summed E-state index contributed by atoms with van der Waals surface area (Å²) in [7, 11) is 0. The molecular formula is C13H14N2O2. The first-order valence-corrected chi connectivity index (χ1v) is 5.86. The van der Waals surface area contributed by atoms with Crippen LogP contribution in [0.15, 0.2) is 24.3 Å². The number of benzene rings is 1. The van der Waals surface area contributed by atoms with Gasteiger partial charge in [-0.25, -0.2) is 0 Å². The molecule has 0 bridgehead atoms. The van der Waals surface area contributed by atoms with Crippen molar-refractivity contribution in [2.75, 3.05) is 0 Å². The monoisotopic (exact) mass is 230 g/mol. The SMILES string of the molecule is N#CC(c1ccc([N+](=O)[O-])cc1)C1CCCC1. The molecule has 4 nitrogen and oxygen atoms in total. The van der Waals surface area contributed by atoms with Crippen molar-refractivity contribution in [2.24, 2.45) is 5.92 Å². The predicted molar refractivity (Wildman–Crippen MR) is 63.4 cm³/mol. The summed E-state index contributed by atoms with van der Waals surface area (Å²) in [5.74, 6) is 0.305.